The van der Waals surface area contributed by atoms with Gasteiger partial charge in [-0.05, 0) is 34.5 Å². The van der Waals surface area contributed by atoms with Gasteiger partial charge in [0.15, 0.2) is 0 Å². The van der Waals surface area contributed by atoms with E-state index in [1.807, 2.05) is 0 Å². The Morgan fingerprint density at radius 2 is 2.11 bits per heavy atom. The molecule has 9 heteroatoms. The van der Waals surface area contributed by atoms with E-state index in [1.165, 1.54) is 12.1 Å². The Kier molecular flexibility index (Phi) is 4.78. The number of ether oxygens (including phenoxy) is 1. The molecular weight excluding hydrogens is 441 g/mol. The summed E-state index contributed by atoms with van der Waals surface area (Å²) < 4.78 is 46.4. The lowest BCUT2D eigenvalue weighted by Gasteiger charge is -2.19. The molecule has 2 aromatic carbocycles. The molecule has 2 unspecified atom stereocenters. The second-order valence-electron chi connectivity index (χ2n) is 6.56. The van der Waals surface area contributed by atoms with Crippen molar-refractivity contribution in [3.8, 4) is 5.75 Å². The summed E-state index contributed by atoms with van der Waals surface area (Å²) in [5, 5.41) is 9.26. The van der Waals surface area contributed by atoms with Gasteiger partial charge in [-0.3, -0.25) is 4.79 Å². The van der Waals surface area contributed by atoms with E-state index in [4.69, 9.17) is 0 Å². The Bertz CT molecular complexity index is 1070. The Labute approximate surface area is 165 Å². The quantitative estimate of drug-likeness (QED) is 0.582. The molecule has 0 fully saturated rings. The first-order chi connectivity index (χ1) is 13.3. The molecule has 0 bridgehead atoms. The van der Waals surface area contributed by atoms with Gasteiger partial charge in [-0.25, -0.2) is 9.37 Å². The minimum absolute atomic E-state index is 0.0208. The summed E-state index contributed by atoms with van der Waals surface area (Å²) in [7, 11) is 0. The Hall–Kier alpha value is -2.55. The average Bonchev–Trinajstić information content (AvgIpc) is 3.13. The van der Waals surface area contributed by atoms with Gasteiger partial charge in [0.2, 0.25) is 0 Å². The number of hydrogen-bond donors (Lipinski definition) is 1. The van der Waals surface area contributed by atoms with Crippen molar-refractivity contribution in [1.29, 1.82) is 0 Å². The van der Waals surface area contributed by atoms with Crippen LogP contribution >= 0.6 is 15.9 Å². The van der Waals surface area contributed by atoms with Gasteiger partial charge in [0, 0.05) is 17.5 Å². The maximum absolute atomic E-state index is 14.0. The number of carboxylic acids is 1. The van der Waals surface area contributed by atoms with E-state index >= 15 is 0 Å². The molecule has 1 aromatic heterocycles. The van der Waals surface area contributed by atoms with Crippen molar-refractivity contribution < 1.29 is 27.8 Å². The van der Waals surface area contributed by atoms with Crippen LogP contribution in [-0.2, 0) is 4.79 Å². The van der Waals surface area contributed by atoms with Gasteiger partial charge in [-0.2, -0.15) is 8.78 Å². The monoisotopic (exact) mass is 454 g/mol. The summed E-state index contributed by atoms with van der Waals surface area (Å²) in [5.41, 5.74) is 1.47. The standard InChI is InChI=1S/C19H14BrF3N2O3/c20-11-7-15-13(8-12(11)21)24-18-9(6-17(26)27)5-14(25(15)18)10-3-1-2-4-16(10)28-19(22)23/h1-4,7-9,14,19H,5-6H2,(H,26,27). The number of hydrogen-bond acceptors (Lipinski definition) is 3. The Balaban J connectivity index is 1.90. The first-order valence-corrected chi connectivity index (χ1v) is 9.27. The molecule has 0 saturated carbocycles. The fourth-order valence-corrected chi connectivity index (χ4v) is 4.15. The number of alkyl halides is 2. The number of carboxylic acid groups (broad SMARTS) is 1. The highest BCUT2D eigenvalue weighted by atomic mass is 79.9. The minimum Gasteiger partial charge on any atom is -0.481 e. The number of para-hydroxylation sites is 1. The number of imidazole rings is 1. The fraction of sp³-hybridized carbons (Fsp3) is 0.263. The maximum Gasteiger partial charge on any atom is 0.387 e. The maximum atomic E-state index is 14.0. The topological polar surface area (TPSA) is 64.3 Å². The summed E-state index contributed by atoms with van der Waals surface area (Å²) >= 11 is 3.15. The first-order valence-electron chi connectivity index (χ1n) is 8.47. The number of halogens is 4. The zero-order valence-electron chi connectivity index (χ0n) is 14.3. The van der Waals surface area contributed by atoms with Gasteiger partial charge in [-0.15, -0.1) is 0 Å². The molecule has 3 aromatic rings. The molecule has 0 radical (unpaired) electrons. The molecule has 28 heavy (non-hydrogen) atoms. The lowest BCUT2D eigenvalue weighted by molar-refractivity contribution is -0.137. The molecule has 1 N–H and O–H groups in total. The highest BCUT2D eigenvalue weighted by Gasteiger charge is 2.37. The summed E-state index contributed by atoms with van der Waals surface area (Å²) in [6.07, 6.45) is 0.199. The minimum atomic E-state index is -2.99. The van der Waals surface area contributed by atoms with Crippen molar-refractivity contribution in [2.45, 2.75) is 31.4 Å². The van der Waals surface area contributed by atoms with Crippen molar-refractivity contribution in [2.75, 3.05) is 0 Å². The van der Waals surface area contributed by atoms with Gasteiger partial charge in [-0.1, -0.05) is 18.2 Å². The number of fused-ring (bicyclic) bond motifs is 3. The SMILES string of the molecule is O=C(O)CC1CC(c2ccccc2OC(F)F)n2c1nc1cc(F)c(Br)cc12. The number of carbonyl (C=O) groups is 1. The van der Waals surface area contributed by atoms with E-state index in [0.29, 0.717) is 28.8 Å². The zero-order chi connectivity index (χ0) is 20.0. The highest BCUT2D eigenvalue weighted by molar-refractivity contribution is 9.10. The number of rotatable bonds is 5. The summed E-state index contributed by atoms with van der Waals surface area (Å²) in [4.78, 5) is 15.8. The third kappa shape index (κ3) is 3.23. The molecule has 146 valence electrons. The summed E-state index contributed by atoms with van der Waals surface area (Å²) in [6, 6.07) is 8.77. The van der Waals surface area contributed by atoms with E-state index in [0.717, 1.165) is 0 Å². The van der Waals surface area contributed by atoms with Crippen LogP contribution < -0.4 is 4.74 Å². The zero-order valence-corrected chi connectivity index (χ0v) is 15.9. The molecule has 5 nitrogen and oxygen atoms in total. The van der Waals surface area contributed by atoms with Crippen LogP contribution in [0.15, 0.2) is 40.9 Å². The lowest BCUT2D eigenvalue weighted by Crippen LogP contribution is -2.10. The van der Waals surface area contributed by atoms with E-state index in [-0.39, 0.29) is 16.6 Å². The lowest BCUT2D eigenvalue weighted by atomic mass is 9.95. The third-order valence-corrected chi connectivity index (χ3v) is 5.47. The van der Waals surface area contributed by atoms with Gasteiger partial charge in [0.1, 0.15) is 17.4 Å². The summed E-state index contributed by atoms with van der Waals surface area (Å²) in [6.45, 7) is -2.99. The second-order valence-corrected chi connectivity index (χ2v) is 7.41. The molecule has 0 spiro atoms. The fourth-order valence-electron chi connectivity index (χ4n) is 3.82. The average molecular weight is 455 g/mol. The normalized spacial score (nSPS) is 18.6. The molecule has 2 atom stereocenters. The van der Waals surface area contributed by atoms with Gasteiger partial charge >= 0.3 is 12.6 Å². The molecule has 1 aliphatic heterocycles. The predicted molar refractivity (Wildman–Crippen MR) is 98.2 cm³/mol. The van der Waals surface area contributed by atoms with Crippen LogP contribution in [0.4, 0.5) is 13.2 Å². The van der Waals surface area contributed by atoms with Crippen molar-refractivity contribution in [3.05, 3.63) is 58.1 Å². The number of nitrogens with zero attached hydrogens (tertiary/aromatic N) is 2. The number of benzene rings is 2. The molecule has 1 aliphatic rings. The van der Waals surface area contributed by atoms with E-state index in [9.17, 15) is 23.1 Å². The van der Waals surface area contributed by atoms with Crippen LogP contribution in [0.2, 0.25) is 0 Å². The molecule has 0 saturated heterocycles. The molecule has 0 aliphatic carbocycles. The smallest absolute Gasteiger partial charge is 0.387 e. The molecular formula is C19H14BrF3N2O3. The molecule has 0 amide bonds. The van der Waals surface area contributed by atoms with Crippen LogP contribution in [0.1, 0.15) is 36.2 Å². The molecule has 2 heterocycles. The van der Waals surface area contributed by atoms with Gasteiger partial charge < -0.3 is 14.4 Å². The van der Waals surface area contributed by atoms with Crippen molar-refractivity contribution >= 4 is 32.9 Å². The van der Waals surface area contributed by atoms with E-state index in [2.05, 4.69) is 25.7 Å². The van der Waals surface area contributed by atoms with Crippen LogP contribution in [0.3, 0.4) is 0 Å². The summed E-state index contributed by atoms with van der Waals surface area (Å²) in [5.74, 6) is -1.40. The first kappa shape index (κ1) is 18.8. The molecule has 4 rings (SSSR count). The van der Waals surface area contributed by atoms with Crippen molar-refractivity contribution in [3.63, 3.8) is 0 Å². The van der Waals surface area contributed by atoms with Gasteiger partial charge in [0.05, 0.1) is 28.0 Å². The Morgan fingerprint density at radius 3 is 2.82 bits per heavy atom. The highest BCUT2D eigenvalue weighted by Crippen LogP contribution is 2.46. The van der Waals surface area contributed by atoms with Crippen molar-refractivity contribution in [2.24, 2.45) is 0 Å². The van der Waals surface area contributed by atoms with E-state index < -0.39 is 30.4 Å². The Morgan fingerprint density at radius 1 is 1.36 bits per heavy atom. The van der Waals surface area contributed by atoms with Crippen LogP contribution in [0.5, 0.6) is 5.75 Å². The van der Waals surface area contributed by atoms with Crippen LogP contribution in [0.25, 0.3) is 11.0 Å². The van der Waals surface area contributed by atoms with Crippen LogP contribution in [-0.4, -0.2) is 27.2 Å². The second kappa shape index (κ2) is 7.12. The number of aliphatic carboxylic acids is 1. The predicted octanol–water partition coefficient (Wildman–Crippen LogP) is 5.09. The third-order valence-electron chi connectivity index (χ3n) is 4.86. The van der Waals surface area contributed by atoms with E-state index in [1.54, 1.807) is 28.8 Å². The van der Waals surface area contributed by atoms with Crippen molar-refractivity contribution in [1.82, 2.24) is 9.55 Å². The largest absolute Gasteiger partial charge is 0.481 e. The van der Waals surface area contributed by atoms with Crippen LogP contribution in [0, 0.1) is 5.82 Å². The van der Waals surface area contributed by atoms with Gasteiger partial charge in [0.25, 0.3) is 0 Å². The number of aromatic nitrogens is 2.